The third kappa shape index (κ3) is 7.25. The van der Waals surface area contributed by atoms with Crippen molar-refractivity contribution < 1.29 is 23.5 Å². The lowest BCUT2D eigenvalue weighted by molar-refractivity contribution is -0.117. The zero-order chi connectivity index (χ0) is 30.3. The summed E-state index contributed by atoms with van der Waals surface area (Å²) in [6.45, 7) is 7.05. The Labute approximate surface area is 256 Å². The summed E-state index contributed by atoms with van der Waals surface area (Å²) in [7, 11) is 0. The van der Waals surface area contributed by atoms with Crippen LogP contribution in [0.3, 0.4) is 0 Å². The highest BCUT2D eigenvalue weighted by Crippen LogP contribution is 2.65. The number of carbonyl (C=O) groups excluding carboxylic acids is 3. The van der Waals surface area contributed by atoms with Crippen LogP contribution in [0, 0.1) is 18.7 Å². The Balaban J connectivity index is 1.44. The minimum absolute atomic E-state index is 0.102. The van der Waals surface area contributed by atoms with Crippen LogP contribution in [0.2, 0.25) is 10.0 Å². The van der Waals surface area contributed by atoms with Gasteiger partial charge in [0.2, 0.25) is 5.91 Å². The number of aryl methyl sites for hydroxylation is 1. The van der Waals surface area contributed by atoms with Crippen LogP contribution in [0.15, 0.2) is 54.6 Å². The van der Waals surface area contributed by atoms with Gasteiger partial charge in [0.05, 0.1) is 21.5 Å². The van der Waals surface area contributed by atoms with E-state index in [1.54, 1.807) is 45.9 Å². The van der Waals surface area contributed by atoms with Gasteiger partial charge in [-0.15, -0.1) is 23.2 Å². The van der Waals surface area contributed by atoms with E-state index in [1.807, 2.05) is 0 Å². The smallest absolute Gasteiger partial charge is 0.412 e. The molecule has 4 rings (SSSR count). The van der Waals surface area contributed by atoms with Gasteiger partial charge in [-0.25, -0.2) is 9.18 Å². The topological polar surface area (TPSA) is 96.5 Å². The number of benzene rings is 3. The summed E-state index contributed by atoms with van der Waals surface area (Å²) >= 11 is 25.0. The van der Waals surface area contributed by atoms with Crippen LogP contribution in [-0.4, -0.2) is 27.8 Å². The standard InChI is InChI=1S/C29H26Cl4FN3O4/c1-14-11-16(36-27(40)41-28(2,3)4)7-10-22(14)37-25(38)18-13-17(6-8-19(18)30)35-26(39)24-23(29(24,32)33)15-5-9-21(34)20(31)12-15/h5-13,23-24H,1-4H3,(H,35,39)(H,36,40)(H,37,38)/t23-,24+/m0/s1. The van der Waals surface area contributed by atoms with Gasteiger partial charge in [0.15, 0.2) is 0 Å². The molecule has 0 heterocycles. The number of rotatable bonds is 6. The molecule has 0 saturated heterocycles. The monoisotopic (exact) mass is 639 g/mol. The number of amides is 3. The van der Waals surface area contributed by atoms with Gasteiger partial charge in [-0.3, -0.25) is 14.9 Å². The Morgan fingerprint density at radius 2 is 1.54 bits per heavy atom. The molecule has 3 N–H and O–H groups in total. The lowest BCUT2D eigenvalue weighted by atomic mass is 10.1. The highest BCUT2D eigenvalue weighted by atomic mass is 35.5. The van der Waals surface area contributed by atoms with Crippen molar-refractivity contribution >= 4 is 81.4 Å². The zero-order valence-electron chi connectivity index (χ0n) is 22.4. The molecule has 12 heteroatoms. The van der Waals surface area contributed by atoms with Crippen molar-refractivity contribution in [2.75, 3.05) is 16.0 Å². The summed E-state index contributed by atoms with van der Waals surface area (Å²) in [6.07, 6.45) is -0.598. The van der Waals surface area contributed by atoms with Crippen LogP contribution in [0.5, 0.6) is 0 Å². The lowest BCUT2D eigenvalue weighted by Crippen LogP contribution is -2.27. The van der Waals surface area contributed by atoms with E-state index in [4.69, 9.17) is 51.1 Å². The average molecular weight is 641 g/mol. The van der Waals surface area contributed by atoms with Gasteiger partial charge in [-0.05, 0) is 87.4 Å². The van der Waals surface area contributed by atoms with Crippen LogP contribution in [-0.2, 0) is 9.53 Å². The first-order valence-electron chi connectivity index (χ1n) is 12.4. The van der Waals surface area contributed by atoms with Crippen molar-refractivity contribution in [2.45, 2.75) is 43.5 Å². The maximum atomic E-state index is 13.6. The summed E-state index contributed by atoms with van der Waals surface area (Å²) in [5, 5.41) is 8.22. The third-order valence-corrected chi connectivity index (χ3v) is 7.80. The molecule has 41 heavy (non-hydrogen) atoms. The highest BCUT2D eigenvalue weighted by molar-refractivity contribution is 6.53. The number of ether oxygens (including phenoxy) is 1. The number of anilines is 3. The SMILES string of the molecule is Cc1cc(NC(=O)OC(C)(C)C)ccc1NC(=O)c1cc(NC(=O)[C@H]2[C@H](c3ccc(F)c(Cl)c3)C2(Cl)Cl)ccc1Cl. The number of carbonyl (C=O) groups is 3. The Kier molecular flexibility index (Phi) is 8.81. The first-order chi connectivity index (χ1) is 19.1. The van der Waals surface area contributed by atoms with Gasteiger partial charge in [-0.1, -0.05) is 29.3 Å². The molecule has 0 radical (unpaired) electrons. The second kappa shape index (κ2) is 11.7. The Bertz CT molecular complexity index is 1540. The number of hydrogen-bond acceptors (Lipinski definition) is 4. The molecule has 1 aliphatic carbocycles. The van der Waals surface area contributed by atoms with E-state index in [0.717, 1.165) is 0 Å². The summed E-state index contributed by atoms with van der Waals surface area (Å²) in [6, 6.07) is 13.4. The minimum Gasteiger partial charge on any atom is -0.444 e. The van der Waals surface area contributed by atoms with E-state index in [0.29, 0.717) is 28.2 Å². The summed E-state index contributed by atoms with van der Waals surface area (Å²) in [4.78, 5) is 38.2. The molecule has 1 aliphatic rings. The summed E-state index contributed by atoms with van der Waals surface area (Å²) in [5.74, 6) is -3.04. The van der Waals surface area contributed by atoms with Crippen LogP contribution < -0.4 is 16.0 Å². The molecule has 0 bridgehead atoms. The molecule has 216 valence electrons. The molecule has 3 amide bonds. The molecule has 0 unspecified atom stereocenters. The summed E-state index contributed by atoms with van der Waals surface area (Å²) < 4.78 is 17.4. The van der Waals surface area contributed by atoms with Crippen molar-refractivity contribution in [3.63, 3.8) is 0 Å². The Hall–Kier alpha value is -3.04. The van der Waals surface area contributed by atoms with E-state index in [1.165, 1.54) is 36.4 Å². The fraction of sp³-hybridized carbons (Fsp3) is 0.276. The van der Waals surface area contributed by atoms with Crippen LogP contribution in [0.4, 0.5) is 26.2 Å². The van der Waals surface area contributed by atoms with E-state index >= 15 is 0 Å². The molecule has 0 aliphatic heterocycles. The lowest BCUT2D eigenvalue weighted by Gasteiger charge is -2.20. The van der Waals surface area contributed by atoms with Crippen molar-refractivity contribution in [2.24, 2.45) is 5.92 Å². The largest absolute Gasteiger partial charge is 0.444 e. The van der Waals surface area contributed by atoms with Crippen LogP contribution in [0.1, 0.15) is 48.2 Å². The zero-order valence-corrected chi connectivity index (χ0v) is 25.4. The molecule has 2 atom stereocenters. The fourth-order valence-corrected chi connectivity index (χ4v) is 5.48. The first-order valence-corrected chi connectivity index (χ1v) is 13.9. The predicted octanol–water partition coefficient (Wildman–Crippen LogP) is 8.57. The van der Waals surface area contributed by atoms with Gasteiger partial charge in [0.1, 0.15) is 15.8 Å². The fourth-order valence-electron chi connectivity index (χ4n) is 4.26. The van der Waals surface area contributed by atoms with E-state index in [-0.39, 0.29) is 15.6 Å². The quantitative estimate of drug-likeness (QED) is 0.235. The maximum Gasteiger partial charge on any atom is 0.412 e. The molecule has 0 spiro atoms. The highest BCUT2D eigenvalue weighted by Gasteiger charge is 2.67. The maximum absolute atomic E-state index is 13.6. The van der Waals surface area contributed by atoms with Gasteiger partial charge >= 0.3 is 6.09 Å². The minimum atomic E-state index is -1.42. The number of nitrogens with one attached hydrogen (secondary N) is 3. The van der Waals surface area contributed by atoms with Gasteiger partial charge < -0.3 is 15.4 Å². The van der Waals surface area contributed by atoms with Gasteiger partial charge in [-0.2, -0.15) is 0 Å². The van der Waals surface area contributed by atoms with Crippen molar-refractivity contribution in [3.8, 4) is 0 Å². The number of alkyl halides is 2. The average Bonchev–Trinajstić information content (AvgIpc) is 3.44. The molecule has 7 nitrogen and oxygen atoms in total. The molecule has 1 saturated carbocycles. The number of hydrogen-bond donors (Lipinski definition) is 3. The molecule has 3 aromatic rings. The third-order valence-electron chi connectivity index (χ3n) is 6.24. The molecular weight excluding hydrogens is 615 g/mol. The molecule has 1 fully saturated rings. The molecular formula is C29H26Cl4FN3O4. The Morgan fingerprint density at radius 3 is 2.17 bits per heavy atom. The van der Waals surface area contributed by atoms with E-state index in [2.05, 4.69) is 16.0 Å². The Morgan fingerprint density at radius 1 is 0.878 bits per heavy atom. The van der Waals surface area contributed by atoms with Crippen molar-refractivity contribution in [1.82, 2.24) is 0 Å². The predicted molar refractivity (Wildman–Crippen MR) is 161 cm³/mol. The summed E-state index contributed by atoms with van der Waals surface area (Å²) in [5.41, 5.74) is 1.95. The second-order valence-electron chi connectivity index (χ2n) is 10.6. The van der Waals surface area contributed by atoms with Gasteiger partial charge in [0.25, 0.3) is 5.91 Å². The van der Waals surface area contributed by atoms with E-state index in [9.17, 15) is 18.8 Å². The van der Waals surface area contributed by atoms with E-state index < -0.39 is 45.5 Å². The van der Waals surface area contributed by atoms with Crippen molar-refractivity contribution in [1.29, 1.82) is 0 Å². The second-order valence-corrected chi connectivity index (χ2v) is 12.9. The van der Waals surface area contributed by atoms with Crippen LogP contribution >= 0.6 is 46.4 Å². The normalized spacial score (nSPS) is 17.4. The molecule has 0 aromatic heterocycles. The van der Waals surface area contributed by atoms with Crippen molar-refractivity contribution in [3.05, 3.63) is 87.2 Å². The first kappa shape index (κ1) is 30.9. The number of halogens is 5. The molecule has 3 aromatic carbocycles. The van der Waals surface area contributed by atoms with Gasteiger partial charge in [0, 0.05) is 23.0 Å². The van der Waals surface area contributed by atoms with Crippen LogP contribution in [0.25, 0.3) is 0 Å².